The van der Waals surface area contributed by atoms with Crippen molar-refractivity contribution in [3.8, 4) is 11.5 Å². The molecule has 0 heterocycles. The molecular weight excluding hydrogens is 336 g/mol. The highest BCUT2D eigenvalue weighted by Gasteiger charge is 2.16. The number of rotatable bonds is 7. The average Bonchev–Trinajstić information content (AvgIpc) is 2.59. The summed E-state index contributed by atoms with van der Waals surface area (Å²) in [5.74, 6) is 1.08. The number of nitrogens with one attached hydrogen (secondary N) is 1. The first-order valence-electron chi connectivity index (χ1n) is 6.82. The monoisotopic (exact) mass is 352 g/mol. The zero-order valence-corrected chi connectivity index (χ0v) is 13.9. The van der Waals surface area contributed by atoms with Gasteiger partial charge in [-0.25, -0.2) is 13.1 Å². The number of methoxy groups -OCH3 is 2. The number of nitrogens with zero attached hydrogens (tertiary/aromatic N) is 1. The van der Waals surface area contributed by atoms with Crippen molar-refractivity contribution in [2.45, 2.75) is 11.4 Å². The second-order valence-corrected chi connectivity index (χ2v) is 6.52. The van der Waals surface area contributed by atoms with Gasteiger partial charge in [0.15, 0.2) is 0 Å². The first kappa shape index (κ1) is 17.7. The lowest BCUT2D eigenvalue weighted by Crippen LogP contribution is -2.23. The minimum Gasteiger partial charge on any atom is -0.497 e. The van der Waals surface area contributed by atoms with Gasteiger partial charge in [0.05, 0.1) is 24.0 Å². The number of hydrogen-bond acceptors (Lipinski definition) is 6. The van der Waals surface area contributed by atoms with E-state index < -0.39 is 14.9 Å². The lowest BCUT2D eigenvalue weighted by atomic mass is 10.2. The van der Waals surface area contributed by atoms with Crippen LogP contribution >= 0.6 is 0 Å². The Hall–Kier alpha value is -2.65. The summed E-state index contributed by atoms with van der Waals surface area (Å²) in [4.78, 5) is 9.97. The zero-order valence-electron chi connectivity index (χ0n) is 13.1. The minimum absolute atomic E-state index is 0.00644. The highest BCUT2D eigenvalue weighted by Crippen LogP contribution is 2.25. The third kappa shape index (κ3) is 4.00. The van der Waals surface area contributed by atoms with Gasteiger partial charge in [0, 0.05) is 30.3 Å². The molecular formula is C15H16N2O6S. The maximum Gasteiger partial charge on any atom is 0.269 e. The summed E-state index contributed by atoms with van der Waals surface area (Å²) in [6.07, 6.45) is 0. The predicted molar refractivity (Wildman–Crippen MR) is 86.7 cm³/mol. The van der Waals surface area contributed by atoms with E-state index in [1.165, 1.54) is 26.4 Å². The normalized spacial score (nSPS) is 11.1. The molecule has 0 unspecified atom stereocenters. The molecule has 8 nitrogen and oxygen atoms in total. The van der Waals surface area contributed by atoms with Crippen molar-refractivity contribution in [2.75, 3.05) is 14.2 Å². The molecule has 0 aromatic heterocycles. The summed E-state index contributed by atoms with van der Waals surface area (Å²) < 4.78 is 37.3. The quantitative estimate of drug-likeness (QED) is 0.604. The van der Waals surface area contributed by atoms with Crippen molar-refractivity contribution >= 4 is 15.7 Å². The van der Waals surface area contributed by atoms with Crippen LogP contribution in [0.3, 0.4) is 0 Å². The summed E-state index contributed by atoms with van der Waals surface area (Å²) >= 11 is 0. The van der Waals surface area contributed by atoms with Gasteiger partial charge in [0.25, 0.3) is 5.69 Å². The molecule has 9 heteroatoms. The van der Waals surface area contributed by atoms with Crippen LogP contribution in [0.4, 0.5) is 5.69 Å². The molecule has 2 rings (SSSR count). The number of non-ortho nitro benzene ring substituents is 1. The summed E-state index contributed by atoms with van der Waals surface area (Å²) in [6, 6.07) is 9.69. The molecule has 0 aliphatic carbocycles. The van der Waals surface area contributed by atoms with Crippen molar-refractivity contribution in [3.63, 3.8) is 0 Å². The number of hydrogen-bond donors (Lipinski definition) is 1. The maximum atomic E-state index is 12.3. The highest BCUT2D eigenvalue weighted by molar-refractivity contribution is 7.89. The van der Waals surface area contributed by atoms with Crippen LogP contribution in [0.2, 0.25) is 0 Å². The molecule has 0 saturated heterocycles. The lowest BCUT2D eigenvalue weighted by molar-refractivity contribution is -0.384. The van der Waals surface area contributed by atoms with Gasteiger partial charge in [0.2, 0.25) is 10.0 Å². The number of sulfonamides is 1. The van der Waals surface area contributed by atoms with Gasteiger partial charge in [-0.2, -0.15) is 0 Å². The molecule has 0 atom stereocenters. The van der Waals surface area contributed by atoms with E-state index in [0.717, 1.165) is 12.1 Å². The summed E-state index contributed by atoms with van der Waals surface area (Å²) in [6.45, 7) is 0.00644. The minimum atomic E-state index is -3.80. The molecule has 0 aliphatic heterocycles. The number of nitro groups is 1. The molecule has 0 aliphatic rings. The van der Waals surface area contributed by atoms with Crippen molar-refractivity contribution in [2.24, 2.45) is 0 Å². The largest absolute Gasteiger partial charge is 0.497 e. The van der Waals surface area contributed by atoms with Crippen molar-refractivity contribution in [3.05, 3.63) is 58.1 Å². The van der Waals surface area contributed by atoms with Gasteiger partial charge in [-0.3, -0.25) is 10.1 Å². The number of nitro benzene ring substituents is 1. The topological polar surface area (TPSA) is 108 Å². The van der Waals surface area contributed by atoms with Crippen LogP contribution in [0.1, 0.15) is 5.56 Å². The molecule has 0 fully saturated rings. The summed E-state index contributed by atoms with van der Waals surface area (Å²) in [5.41, 5.74) is 0.453. The Morgan fingerprint density at radius 1 is 1.08 bits per heavy atom. The van der Waals surface area contributed by atoms with Crippen LogP contribution in [0.15, 0.2) is 47.4 Å². The van der Waals surface area contributed by atoms with Gasteiger partial charge < -0.3 is 9.47 Å². The Balaban J connectivity index is 2.17. The van der Waals surface area contributed by atoms with E-state index in [2.05, 4.69) is 4.72 Å². The van der Waals surface area contributed by atoms with Gasteiger partial charge in [0.1, 0.15) is 11.5 Å². The molecule has 0 bridgehead atoms. The Kier molecular flexibility index (Phi) is 5.37. The molecule has 24 heavy (non-hydrogen) atoms. The Morgan fingerprint density at radius 2 is 1.75 bits per heavy atom. The first-order chi connectivity index (χ1) is 11.4. The van der Waals surface area contributed by atoms with Gasteiger partial charge >= 0.3 is 0 Å². The zero-order chi connectivity index (χ0) is 17.7. The average molecular weight is 352 g/mol. The maximum absolute atomic E-state index is 12.3. The molecule has 1 N–H and O–H groups in total. The molecule has 0 radical (unpaired) electrons. The van der Waals surface area contributed by atoms with Crippen LogP contribution < -0.4 is 14.2 Å². The van der Waals surface area contributed by atoms with Gasteiger partial charge in [-0.1, -0.05) is 6.07 Å². The van der Waals surface area contributed by atoms with E-state index in [0.29, 0.717) is 17.1 Å². The highest BCUT2D eigenvalue weighted by atomic mass is 32.2. The van der Waals surface area contributed by atoms with Crippen molar-refractivity contribution in [1.29, 1.82) is 0 Å². The van der Waals surface area contributed by atoms with Gasteiger partial charge in [-0.15, -0.1) is 0 Å². The summed E-state index contributed by atoms with van der Waals surface area (Å²) in [7, 11) is -0.806. The van der Waals surface area contributed by atoms with Crippen LogP contribution in [-0.2, 0) is 16.6 Å². The van der Waals surface area contributed by atoms with Crippen LogP contribution in [-0.4, -0.2) is 27.6 Å². The van der Waals surface area contributed by atoms with Crippen LogP contribution in [0, 0.1) is 10.1 Å². The fourth-order valence-electron chi connectivity index (χ4n) is 2.00. The molecule has 0 amide bonds. The van der Waals surface area contributed by atoms with E-state index in [1.54, 1.807) is 18.2 Å². The van der Waals surface area contributed by atoms with Gasteiger partial charge in [-0.05, 0) is 18.2 Å². The third-order valence-electron chi connectivity index (χ3n) is 3.30. The van der Waals surface area contributed by atoms with Crippen LogP contribution in [0.25, 0.3) is 0 Å². The smallest absolute Gasteiger partial charge is 0.269 e. The van der Waals surface area contributed by atoms with E-state index in [1.807, 2.05) is 0 Å². The Bertz CT molecular complexity index is 834. The SMILES string of the molecule is COc1ccc(CNS(=O)(=O)c2ccc([N+](=O)[O-])cc2)c(OC)c1. The Labute approximate surface area is 139 Å². The molecule has 0 saturated carbocycles. The van der Waals surface area contributed by atoms with Crippen molar-refractivity contribution < 1.29 is 22.8 Å². The second kappa shape index (κ2) is 7.28. The Morgan fingerprint density at radius 3 is 2.29 bits per heavy atom. The standard InChI is InChI=1S/C15H16N2O6S/c1-22-13-6-3-11(15(9-13)23-2)10-16-24(20,21)14-7-4-12(5-8-14)17(18)19/h3-9,16H,10H2,1-2H3. The van der Waals surface area contributed by atoms with E-state index in [9.17, 15) is 18.5 Å². The van der Waals surface area contributed by atoms with Crippen molar-refractivity contribution in [1.82, 2.24) is 4.72 Å². The lowest BCUT2D eigenvalue weighted by Gasteiger charge is -2.11. The summed E-state index contributed by atoms with van der Waals surface area (Å²) in [5, 5.41) is 10.6. The first-order valence-corrected chi connectivity index (χ1v) is 8.30. The van der Waals surface area contributed by atoms with E-state index in [-0.39, 0.29) is 17.1 Å². The predicted octanol–water partition coefficient (Wildman–Crippen LogP) is 2.09. The molecule has 2 aromatic carbocycles. The second-order valence-electron chi connectivity index (χ2n) is 4.75. The van der Waals surface area contributed by atoms with E-state index >= 15 is 0 Å². The third-order valence-corrected chi connectivity index (χ3v) is 4.72. The fraction of sp³-hybridized carbons (Fsp3) is 0.200. The fourth-order valence-corrected chi connectivity index (χ4v) is 3.01. The molecule has 2 aromatic rings. The molecule has 128 valence electrons. The molecule has 0 spiro atoms. The van der Waals surface area contributed by atoms with E-state index in [4.69, 9.17) is 9.47 Å². The number of benzene rings is 2. The number of ether oxygens (including phenoxy) is 2. The van der Waals surface area contributed by atoms with Crippen LogP contribution in [0.5, 0.6) is 11.5 Å².